The molecule has 0 atom stereocenters. The van der Waals surface area contributed by atoms with E-state index in [0.717, 1.165) is 35.0 Å². The van der Waals surface area contributed by atoms with Crippen LogP contribution < -0.4 is 10.1 Å². The van der Waals surface area contributed by atoms with Crippen LogP contribution >= 0.6 is 0 Å². The summed E-state index contributed by atoms with van der Waals surface area (Å²) in [4.78, 5) is 4.52. The summed E-state index contributed by atoms with van der Waals surface area (Å²) >= 11 is 0. The van der Waals surface area contributed by atoms with Crippen LogP contribution in [0.1, 0.15) is 16.8 Å². The number of hydrogen-bond acceptors (Lipinski definition) is 4. The average Bonchev–Trinajstić information content (AvgIpc) is 2.87. The molecule has 2 aromatic heterocycles. The molecule has 3 aromatic rings. The topological polar surface area (TPSA) is 51.5 Å². The Morgan fingerprint density at radius 1 is 1.19 bits per heavy atom. The molecule has 0 aliphatic carbocycles. The molecule has 0 aliphatic heterocycles. The van der Waals surface area contributed by atoms with Crippen molar-refractivity contribution in [3.63, 3.8) is 0 Å². The Labute approximate surface area is 123 Å². The highest BCUT2D eigenvalue weighted by Gasteiger charge is 2.07. The molecule has 1 N–H and O–H groups in total. The lowest BCUT2D eigenvalue weighted by atomic mass is 10.2. The molecule has 1 aromatic carbocycles. The van der Waals surface area contributed by atoms with Gasteiger partial charge in [0.1, 0.15) is 11.6 Å². The molecule has 3 rings (SSSR count). The molecular weight excluding hydrogens is 264 g/mol. The van der Waals surface area contributed by atoms with E-state index in [1.807, 2.05) is 54.9 Å². The molecule has 5 nitrogen and oxygen atoms in total. The van der Waals surface area contributed by atoms with Gasteiger partial charge in [-0.15, -0.1) is 0 Å². The zero-order valence-corrected chi connectivity index (χ0v) is 12.4. The Bertz CT molecular complexity index is 762. The smallest absolute Gasteiger partial charge is 0.160 e. The molecule has 0 saturated carbocycles. The molecule has 0 aliphatic rings. The molecule has 108 valence electrons. The van der Waals surface area contributed by atoms with E-state index in [9.17, 15) is 0 Å². The maximum absolute atomic E-state index is 5.17. The Hall–Kier alpha value is -2.56. The molecule has 0 fully saturated rings. The summed E-state index contributed by atoms with van der Waals surface area (Å²) in [6, 6.07) is 10.0. The van der Waals surface area contributed by atoms with Gasteiger partial charge in [-0.2, -0.15) is 9.61 Å². The maximum atomic E-state index is 5.17. The number of nitrogens with one attached hydrogen (secondary N) is 1. The first-order valence-corrected chi connectivity index (χ1v) is 6.86. The number of nitrogens with zero attached hydrogens (tertiary/aromatic N) is 3. The van der Waals surface area contributed by atoms with Gasteiger partial charge in [0.25, 0.3) is 0 Å². The molecule has 0 radical (unpaired) electrons. The second kappa shape index (κ2) is 5.44. The number of aromatic nitrogens is 3. The summed E-state index contributed by atoms with van der Waals surface area (Å²) < 4.78 is 7.00. The van der Waals surface area contributed by atoms with Crippen LogP contribution in [0.3, 0.4) is 0 Å². The minimum atomic E-state index is 0.724. The summed E-state index contributed by atoms with van der Waals surface area (Å²) in [7, 11) is 1.67. The number of benzene rings is 1. The predicted octanol–water partition coefficient (Wildman–Crippen LogP) is 2.97. The molecule has 5 heteroatoms. The summed E-state index contributed by atoms with van der Waals surface area (Å²) in [6.45, 7) is 4.73. The highest BCUT2D eigenvalue weighted by molar-refractivity contribution is 5.53. The van der Waals surface area contributed by atoms with Gasteiger partial charge < -0.3 is 10.1 Å². The van der Waals surface area contributed by atoms with Gasteiger partial charge in [-0.05, 0) is 31.5 Å². The number of methoxy groups -OCH3 is 1. The third-order valence-electron chi connectivity index (χ3n) is 3.41. The van der Waals surface area contributed by atoms with E-state index >= 15 is 0 Å². The lowest BCUT2D eigenvalue weighted by Gasteiger charge is -2.10. The second-order valence-corrected chi connectivity index (χ2v) is 5.05. The Morgan fingerprint density at radius 3 is 2.67 bits per heavy atom. The van der Waals surface area contributed by atoms with E-state index in [2.05, 4.69) is 15.4 Å². The lowest BCUT2D eigenvalue weighted by Crippen LogP contribution is -2.06. The molecule has 0 saturated heterocycles. The average molecular weight is 282 g/mol. The highest BCUT2D eigenvalue weighted by Crippen LogP contribution is 2.17. The predicted molar refractivity (Wildman–Crippen MR) is 82.8 cm³/mol. The SMILES string of the molecule is COc1ccc(CNc2cc(C)nc3c(C)cnn23)cc1. The zero-order valence-electron chi connectivity index (χ0n) is 12.4. The van der Waals surface area contributed by atoms with Crippen LogP contribution in [-0.2, 0) is 6.54 Å². The number of rotatable bonds is 4. The van der Waals surface area contributed by atoms with E-state index in [4.69, 9.17) is 4.74 Å². The number of anilines is 1. The molecule has 21 heavy (non-hydrogen) atoms. The van der Waals surface area contributed by atoms with Gasteiger partial charge in [-0.25, -0.2) is 4.98 Å². The van der Waals surface area contributed by atoms with E-state index in [-0.39, 0.29) is 0 Å². The molecule has 0 spiro atoms. The minimum absolute atomic E-state index is 0.724. The quantitative estimate of drug-likeness (QED) is 0.799. The second-order valence-electron chi connectivity index (χ2n) is 5.05. The van der Waals surface area contributed by atoms with Crippen molar-refractivity contribution in [2.45, 2.75) is 20.4 Å². The standard InChI is InChI=1S/C16H18N4O/c1-11-9-18-20-15(8-12(2)19-16(11)20)17-10-13-4-6-14(21-3)7-5-13/h4-9,17H,10H2,1-3H3. The molecule has 0 bridgehead atoms. The van der Waals surface area contributed by atoms with Gasteiger partial charge in [-0.3, -0.25) is 0 Å². The van der Waals surface area contributed by atoms with Crippen LogP contribution in [0.25, 0.3) is 5.65 Å². The summed E-state index contributed by atoms with van der Waals surface area (Å²) in [5.74, 6) is 1.81. The number of fused-ring (bicyclic) bond motifs is 1. The van der Waals surface area contributed by atoms with Gasteiger partial charge in [0.05, 0.1) is 13.3 Å². The fraction of sp³-hybridized carbons (Fsp3) is 0.250. The maximum Gasteiger partial charge on any atom is 0.160 e. The number of hydrogen-bond donors (Lipinski definition) is 1. The molecular formula is C16H18N4O. The van der Waals surface area contributed by atoms with Crippen LogP contribution in [0.5, 0.6) is 5.75 Å². The third-order valence-corrected chi connectivity index (χ3v) is 3.41. The van der Waals surface area contributed by atoms with Crippen LogP contribution in [0.4, 0.5) is 5.82 Å². The highest BCUT2D eigenvalue weighted by atomic mass is 16.5. The first-order valence-electron chi connectivity index (χ1n) is 6.86. The van der Waals surface area contributed by atoms with Crippen LogP contribution in [0.2, 0.25) is 0 Å². The molecule has 0 unspecified atom stereocenters. The Kier molecular flexibility index (Phi) is 3.48. The third kappa shape index (κ3) is 2.67. The van der Waals surface area contributed by atoms with Gasteiger partial charge in [-0.1, -0.05) is 12.1 Å². The van der Waals surface area contributed by atoms with Crippen molar-refractivity contribution >= 4 is 11.5 Å². The van der Waals surface area contributed by atoms with Crippen molar-refractivity contribution in [2.75, 3.05) is 12.4 Å². The normalized spacial score (nSPS) is 10.8. The zero-order chi connectivity index (χ0) is 14.8. The van der Waals surface area contributed by atoms with E-state index < -0.39 is 0 Å². The fourth-order valence-corrected chi connectivity index (χ4v) is 2.26. The Balaban J connectivity index is 1.84. The summed E-state index contributed by atoms with van der Waals surface area (Å²) in [6.07, 6.45) is 1.83. The van der Waals surface area contributed by atoms with E-state index in [1.54, 1.807) is 7.11 Å². The van der Waals surface area contributed by atoms with Crippen molar-refractivity contribution in [2.24, 2.45) is 0 Å². The summed E-state index contributed by atoms with van der Waals surface area (Å²) in [5.41, 5.74) is 4.13. The van der Waals surface area contributed by atoms with Crippen molar-refractivity contribution in [3.8, 4) is 5.75 Å². The van der Waals surface area contributed by atoms with E-state index in [1.165, 1.54) is 5.56 Å². The van der Waals surface area contributed by atoms with Gasteiger partial charge >= 0.3 is 0 Å². The first kappa shape index (κ1) is 13.4. The number of ether oxygens (including phenoxy) is 1. The van der Waals surface area contributed by atoms with Gasteiger partial charge in [0, 0.05) is 23.9 Å². The van der Waals surface area contributed by atoms with Crippen molar-refractivity contribution in [1.29, 1.82) is 0 Å². The molecule has 0 amide bonds. The fourth-order valence-electron chi connectivity index (χ4n) is 2.26. The monoisotopic (exact) mass is 282 g/mol. The van der Waals surface area contributed by atoms with Crippen molar-refractivity contribution in [3.05, 3.63) is 53.3 Å². The number of aryl methyl sites for hydroxylation is 2. The minimum Gasteiger partial charge on any atom is -0.497 e. The van der Waals surface area contributed by atoms with Crippen molar-refractivity contribution in [1.82, 2.24) is 14.6 Å². The summed E-state index contributed by atoms with van der Waals surface area (Å²) in [5, 5.41) is 7.79. The van der Waals surface area contributed by atoms with Gasteiger partial charge in [0.15, 0.2) is 5.65 Å². The van der Waals surface area contributed by atoms with Crippen LogP contribution in [0, 0.1) is 13.8 Å². The largest absolute Gasteiger partial charge is 0.497 e. The van der Waals surface area contributed by atoms with Crippen LogP contribution in [-0.4, -0.2) is 21.7 Å². The Morgan fingerprint density at radius 2 is 1.95 bits per heavy atom. The van der Waals surface area contributed by atoms with Crippen molar-refractivity contribution < 1.29 is 4.74 Å². The molecule has 2 heterocycles. The first-order chi connectivity index (χ1) is 10.2. The van der Waals surface area contributed by atoms with E-state index in [0.29, 0.717) is 0 Å². The van der Waals surface area contributed by atoms with Gasteiger partial charge in [0.2, 0.25) is 0 Å². The lowest BCUT2D eigenvalue weighted by molar-refractivity contribution is 0.414. The van der Waals surface area contributed by atoms with Crippen LogP contribution in [0.15, 0.2) is 36.5 Å².